The second kappa shape index (κ2) is 4.79. The van der Waals surface area contributed by atoms with Crippen molar-refractivity contribution in [1.82, 2.24) is 4.98 Å². The topological polar surface area (TPSA) is 80.4 Å². The maximum Gasteiger partial charge on any atom is 0.267 e. The zero-order valence-corrected chi connectivity index (χ0v) is 10.0. The lowest BCUT2D eigenvalue weighted by Gasteiger charge is -2.07. The summed E-state index contributed by atoms with van der Waals surface area (Å²) >= 11 is 4.07. The molecular formula is C13H7N3OS. The Morgan fingerprint density at radius 1 is 1.06 bits per heavy atom. The number of H-pyrrole nitrogens is 1. The van der Waals surface area contributed by atoms with Gasteiger partial charge in [0.2, 0.25) is 0 Å². The van der Waals surface area contributed by atoms with Crippen molar-refractivity contribution >= 4 is 12.6 Å². The third kappa shape index (κ3) is 1.88. The lowest BCUT2D eigenvalue weighted by atomic mass is 9.97. The van der Waals surface area contributed by atoms with Crippen molar-refractivity contribution in [2.45, 2.75) is 5.03 Å². The van der Waals surface area contributed by atoms with E-state index in [-0.39, 0.29) is 16.2 Å². The number of nitrogens with zero attached hydrogens (tertiary/aromatic N) is 2. The molecule has 5 heteroatoms. The van der Waals surface area contributed by atoms with E-state index in [9.17, 15) is 4.79 Å². The fourth-order valence-corrected chi connectivity index (χ4v) is 1.96. The van der Waals surface area contributed by atoms with Crippen molar-refractivity contribution in [2.24, 2.45) is 0 Å². The summed E-state index contributed by atoms with van der Waals surface area (Å²) in [5.41, 5.74) is 0.554. The molecule has 0 radical (unpaired) electrons. The average molecular weight is 253 g/mol. The van der Waals surface area contributed by atoms with Gasteiger partial charge in [-0.15, -0.1) is 12.6 Å². The number of hydrogen-bond acceptors (Lipinski definition) is 4. The molecule has 18 heavy (non-hydrogen) atoms. The summed E-state index contributed by atoms with van der Waals surface area (Å²) in [6.45, 7) is 0. The summed E-state index contributed by atoms with van der Waals surface area (Å²) < 4.78 is 0. The van der Waals surface area contributed by atoms with Gasteiger partial charge in [0.15, 0.2) is 0 Å². The molecule has 0 aliphatic carbocycles. The molecule has 86 valence electrons. The maximum absolute atomic E-state index is 11.7. The van der Waals surface area contributed by atoms with Crippen molar-refractivity contribution in [1.29, 1.82) is 10.5 Å². The molecule has 0 atom stereocenters. The van der Waals surface area contributed by atoms with Gasteiger partial charge in [-0.3, -0.25) is 4.79 Å². The van der Waals surface area contributed by atoms with Crippen LogP contribution >= 0.6 is 12.6 Å². The Kier molecular flexibility index (Phi) is 3.18. The molecule has 2 aromatic rings. The first-order valence-electron chi connectivity index (χ1n) is 5.04. The molecule has 0 saturated carbocycles. The predicted octanol–water partition coefficient (Wildman–Crippen LogP) is 2.07. The number of aromatic nitrogens is 1. The highest BCUT2D eigenvalue weighted by Gasteiger charge is 2.17. The van der Waals surface area contributed by atoms with Gasteiger partial charge < -0.3 is 4.98 Å². The highest BCUT2D eigenvalue weighted by Crippen LogP contribution is 2.27. The predicted molar refractivity (Wildman–Crippen MR) is 69.2 cm³/mol. The summed E-state index contributed by atoms with van der Waals surface area (Å²) in [5.74, 6) is 0. The van der Waals surface area contributed by atoms with E-state index < -0.39 is 5.56 Å². The lowest BCUT2D eigenvalue weighted by molar-refractivity contribution is 1.06. The zero-order valence-electron chi connectivity index (χ0n) is 9.14. The number of hydrogen-bond donors (Lipinski definition) is 2. The Morgan fingerprint density at radius 3 is 2.22 bits per heavy atom. The van der Waals surface area contributed by atoms with E-state index in [2.05, 4.69) is 17.6 Å². The van der Waals surface area contributed by atoms with E-state index in [1.54, 1.807) is 24.3 Å². The van der Waals surface area contributed by atoms with Crippen LogP contribution in [-0.4, -0.2) is 4.98 Å². The van der Waals surface area contributed by atoms with Crippen LogP contribution < -0.4 is 5.56 Å². The van der Waals surface area contributed by atoms with Crippen molar-refractivity contribution < 1.29 is 0 Å². The highest BCUT2D eigenvalue weighted by molar-refractivity contribution is 7.80. The molecule has 0 fully saturated rings. The van der Waals surface area contributed by atoms with Crippen LogP contribution in [0.3, 0.4) is 0 Å². The Hall–Kier alpha value is -2.50. The minimum absolute atomic E-state index is 0.0736. The number of nitriles is 2. The zero-order chi connectivity index (χ0) is 13.1. The van der Waals surface area contributed by atoms with Gasteiger partial charge in [0.05, 0.1) is 10.6 Å². The van der Waals surface area contributed by atoms with Gasteiger partial charge in [-0.25, -0.2) is 0 Å². The molecule has 4 nitrogen and oxygen atoms in total. The summed E-state index contributed by atoms with van der Waals surface area (Å²) in [7, 11) is 0. The Morgan fingerprint density at radius 2 is 1.67 bits per heavy atom. The number of nitrogens with one attached hydrogen (secondary N) is 1. The van der Waals surface area contributed by atoms with Crippen molar-refractivity contribution in [3.05, 3.63) is 51.8 Å². The maximum atomic E-state index is 11.7. The van der Waals surface area contributed by atoms with E-state index in [4.69, 9.17) is 10.5 Å². The molecular weight excluding hydrogens is 246 g/mol. The standard InChI is InChI=1S/C13H7N3OS/c14-6-9-11(8-4-2-1-3-5-8)10(7-15)13(18)16-12(9)17/h1-5H,(H2,16,17,18). The van der Waals surface area contributed by atoms with Gasteiger partial charge in [0.1, 0.15) is 17.7 Å². The molecule has 0 spiro atoms. The monoisotopic (exact) mass is 253 g/mol. The lowest BCUT2D eigenvalue weighted by Crippen LogP contribution is -2.14. The van der Waals surface area contributed by atoms with Gasteiger partial charge >= 0.3 is 0 Å². The van der Waals surface area contributed by atoms with Gasteiger partial charge in [-0.1, -0.05) is 30.3 Å². The van der Waals surface area contributed by atoms with Gasteiger partial charge in [0, 0.05) is 5.56 Å². The van der Waals surface area contributed by atoms with E-state index in [0.29, 0.717) is 11.1 Å². The fraction of sp³-hybridized carbons (Fsp3) is 0. The van der Waals surface area contributed by atoms with E-state index in [1.807, 2.05) is 18.2 Å². The SMILES string of the molecule is N#Cc1c(S)[nH]c(=O)c(C#N)c1-c1ccccc1. The van der Waals surface area contributed by atoms with E-state index in [0.717, 1.165) is 0 Å². The molecule has 0 saturated heterocycles. The van der Waals surface area contributed by atoms with Crippen molar-refractivity contribution in [2.75, 3.05) is 0 Å². The molecule has 0 bridgehead atoms. The van der Waals surface area contributed by atoms with Crippen LogP contribution in [0.25, 0.3) is 11.1 Å². The van der Waals surface area contributed by atoms with Crippen LogP contribution in [0.5, 0.6) is 0 Å². The van der Waals surface area contributed by atoms with Crippen LogP contribution in [0.2, 0.25) is 0 Å². The smallest absolute Gasteiger partial charge is 0.267 e. The normalized spacial score (nSPS) is 9.50. The minimum Gasteiger partial charge on any atom is -0.315 e. The number of aromatic amines is 1. The van der Waals surface area contributed by atoms with Crippen LogP contribution in [0.1, 0.15) is 11.1 Å². The van der Waals surface area contributed by atoms with E-state index in [1.165, 1.54) is 0 Å². The van der Waals surface area contributed by atoms with Crippen LogP contribution in [0, 0.1) is 22.7 Å². The molecule has 0 unspecified atom stereocenters. The minimum atomic E-state index is -0.541. The number of benzene rings is 1. The first kappa shape index (κ1) is 12.0. The highest BCUT2D eigenvalue weighted by atomic mass is 32.1. The summed E-state index contributed by atoms with van der Waals surface area (Å²) in [6.07, 6.45) is 0. The number of rotatable bonds is 1. The van der Waals surface area contributed by atoms with Crippen LogP contribution in [0.4, 0.5) is 0 Å². The number of thiol groups is 1. The molecule has 0 amide bonds. The van der Waals surface area contributed by atoms with Gasteiger partial charge in [-0.05, 0) is 5.56 Å². The van der Waals surface area contributed by atoms with Crippen LogP contribution in [-0.2, 0) is 0 Å². The third-order valence-corrected chi connectivity index (χ3v) is 2.82. The molecule has 0 aliphatic rings. The Labute approximate surface area is 109 Å². The molecule has 1 aromatic carbocycles. The summed E-state index contributed by atoms with van der Waals surface area (Å²) in [6, 6.07) is 12.6. The fourth-order valence-electron chi connectivity index (χ4n) is 1.70. The second-order valence-electron chi connectivity index (χ2n) is 3.52. The molecule has 1 aromatic heterocycles. The van der Waals surface area contributed by atoms with Crippen molar-refractivity contribution in [3.63, 3.8) is 0 Å². The van der Waals surface area contributed by atoms with Gasteiger partial charge in [-0.2, -0.15) is 10.5 Å². The van der Waals surface area contributed by atoms with Crippen molar-refractivity contribution in [3.8, 4) is 23.3 Å². The summed E-state index contributed by atoms with van der Waals surface area (Å²) in [4.78, 5) is 14.1. The number of pyridine rings is 1. The quantitative estimate of drug-likeness (QED) is 0.763. The second-order valence-corrected chi connectivity index (χ2v) is 3.96. The van der Waals surface area contributed by atoms with Gasteiger partial charge in [0.25, 0.3) is 5.56 Å². The van der Waals surface area contributed by atoms with Crippen LogP contribution in [0.15, 0.2) is 40.2 Å². The first-order valence-corrected chi connectivity index (χ1v) is 5.48. The average Bonchev–Trinajstić information content (AvgIpc) is 2.39. The molecule has 2 rings (SSSR count). The molecule has 1 N–H and O–H groups in total. The first-order chi connectivity index (χ1) is 8.69. The Bertz CT molecular complexity index is 736. The summed E-state index contributed by atoms with van der Waals surface area (Å²) in [5, 5.41) is 18.4. The third-order valence-electron chi connectivity index (χ3n) is 2.48. The Balaban J connectivity index is 2.94. The van der Waals surface area contributed by atoms with E-state index >= 15 is 0 Å². The molecule has 0 aliphatic heterocycles. The molecule has 1 heterocycles. The largest absolute Gasteiger partial charge is 0.315 e.